The molecule has 2 saturated heterocycles. The van der Waals surface area contributed by atoms with Crippen molar-refractivity contribution < 1.29 is 23.4 Å². The molecule has 2 fully saturated rings. The third-order valence-electron chi connectivity index (χ3n) is 5.42. The maximum absolute atomic E-state index is 15.6. The Kier molecular flexibility index (Phi) is 4.61. The standard InChI is InChI=1S/C18H19F2N5O4/c19-12-14(22)11-15(13(20)16(12)24-3-1-23(8-21)2-4-24)25(9-6-29-7-9)5-10(17(11)26)18(27)28/h5,8-9,21H,1-4,6-7,22H2,(H,27,28). The van der Waals surface area contributed by atoms with E-state index in [0.29, 0.717) is 13.1 Å². The van der Waals surface area contributed by atoms with Crippen LogP contribution < -0.4 is 16.1 Å². The highest BCUT2D eigenvalue weighted by atomic mass is 19.1. The third-order valence-corrected chi connectivity index (χ3v) is 5.42. The first kappa shape index (κ1) is 19.1. The Bertz CT molecular complexity index is 1070. The van der Waals surface area contributed by atoms with Crippen molar-refractivity contribution in [3.63, 3.8) is 0 Å². The normalized spacial score (nSPS) is 17.4. The first-order chi connectivity index (χ1) is 13.8. The van der Waals surface area contributed by atoms with Crippen LogP contribution in [0.1, 0.15) is 16.4 Å². The Morgan fingerprint density at radius 2 is 1.90 bits per heavy atom. The van der Waals surface area contributed by atoms with Gasteiger partial charge in [0.05, 0.1) is 42.2 Å². The lowest BCUT2D eigenvalue weighted by Gasteiger charge is -2.36. The number of hydrogen-bond acceptors (Lipinski definition) is 6. The molecule has 0 radical (unpaired) electrons. The molecule has 0 amide bonds. The van der Waals surface area contributed by atoms with E-state index in [4.69, 9.17) is 15.9 Å². The maximum atomic E-state index is 15.6. The first-order valence-electron chi connectivity index (χ1n) is 9.01. The molecule has 2 aliphatic rings. The monoisotopic (exact) mass is 407 g/mol. The fraction of sp³-hybridized carbons (Fsp3) is 0.389. The van der Waals surface area contributed by atoms with Crippen molar-refractivity contribution in [1.82, 2.24) is 9.47 Å². The highest BCUT2D eigenvalue weighted by Gasteiger charge is 2.32. The molecule has 0 aliphatic carbocycles. The lowest BCUT2D eigenvalue weighted by Crippen LogP contribution is -2.46. The lowest BCUT2D eigenvalue weighted by atomic mass is 10.0. The number of anilines is 2. The van der Waals surface area contributed by atoms with Gasteiger partial charge in [-0.1, -0.05) is 0 Å². The molecule has 9 nitrogen and oxygen atoms in total. The van der Waals surface area contributed by atoms with E-state index in [1.807, 2.05) is 0 Å². The van der Waals surface area contributed by atoms with Crippen LogP contribution in [0.15, 0.2) is 11.0 Å². The van der Waals surface area contributed by atoms with Crippen LogP contribution in [-0.2, 0) is 4.74 Å². The van der Waals surface area contributed by atoms with Crippen molar-refractivity contribution in [2.24, 2.45) is 0 Å². The summed E-state index contributed by atoms with van der Waals surface area (Å²) in [5, 5.41) is 16.2. The van der Waals surface area contributed by atoms with Gasteiger partial charge in [0, 0.05) is 32.4 Å². The molecule has 2 aliphatic heterocycles. The summed E-state index contributed by atoms with van der Waals surface area (Å²) in [6.07, 6.45) is 2.23. The van der Waals surface area contributed by atoms with Crippen molar-refractivity contribution >= 4 is 34.6 Å². The van der Waals surface area contributed by atoms with Gasteiger partial charge in [0.1, 0.15) is 11.3 Å². The zero-order valence-electron chi connectivity index (χ0n) is 15.3. The molecule has 1 aromatic carbocycles. The minimum atomic E-state index is -1.50. The summed E-state index contributed by atoms with van der Waals surface area (Å²) < 4.78 is 37.2. The second-order valence-electron chi connectivity index (χ2n) is 7.04. The second kappa shape index (κ2) is 6.99. The van der Waals surface area contributed by atoms with Crippen LogP contribution in [0.25, 0.3) is 10.9 Å². The topological polar surface area (TPSA) is 125 Å². The zero-order valence-corrected chi connectivity index (χ0v) is 15.3. The molecule has 154 valence electrons. The van der Waals surface area contributed by atoms with E-state index in [0.717, 1.165) is 6.20 Å². The minimum absolute atomic E-state index is 0.209. The van der Waals surface area contributed by atoms with E-state index >= 15 is 8.78 Å². The van der Waals surface area contributed by atoms with Gasteiger partial charge in [-0.2, -0.15) is 0 Å². The van der Waals surface area contributed by atoms with Gasteiger partial charge in [0.25, 0.3) is 0 Å². The highest BCUT2D eigenvalue weighted by molar-refractivity contribution is 5.99. The Morgan fingerprint density at radius 3 is 2.41 bits per heavy atom. The van der Waals surface area contributed by atoms with Crippen LogP contribution in [0.5, 0.6) is 0 Å². The Hall–Kier alpha value is -3.21. The second-order valence-corrected chi connectivity index (χ2v) is 7.04. The van der Waals surface area contributed by atoms with E-state index in [1.165, 1.54) is 15.8 Å². The highest BCUT2D eigenvalue weighted by Crippen LogP contribution is 2.37. The summed E-state index contributed by atoms with van der Waals surface area (Å²) in [5.41, 5.74) is 3.10. The van der Waals surface area contributed by atoms with Crippen LogP contribution in [-0.4, -0.2) is 66.3 Å². The van der Waals surface area contributed by atoms with Gasteiger partial charge in [0.15, 0.2) is 11.6 Å². The molecule has 3 heterocycles. The SMILES string of the molecule is N=CN1CCN(c2c(F)c(N)c3c(=O)c(C(=O)O)cn(C4COC4)c3c2F)CC1. The Labute approximate surface area is 163 Å². The number of nitrogens with zero attached hydrogens (tertiary/aromatic N) is 3. The molecular formula is C18H19F2N5O4. The molecule has 4 N–H and O–H groups in total. The fourth-order valence-electron chi connectivity index (χ4n) is 3.73. The van der Waals surface area contributed by atoms with E-state index in [2.05, 4.69) is 0 Å². The number of piperazine rings is 1. The van der Waals surface area contributed by atoms with Gasteiger partial charge in [-0.25, -0.2) is 13.6 Å². The van der Waals surface area contributed by atoms with E-state index < -0.39 is 45.7 Å². The predicted molar refractivity (Wildman–Crippen MR) is 102 cm³/mol. The number of nitrogens with two attached hydrogens (primary N) is 1. The number of nitrogens with one attached hydrogen (secondary N) is 1. The molecule has 0 unspecified atom stereocenters. The molecule has 0 atom stereocenters. The number of benzene rings is 1. The Balaban J connectivity index is 1.99. The number of aromatic carboxylic acids is 1. The molecule has 29 heavy (non-hydrogen) atoms. The number of aromatic nitrogens is 1. The number of pyridine rings is 1. The molecule has 2 aromatic rings. The number of carboxylic acids is 1. The summed E-state index contributed by atoms with van der Waals surface area (Å²) in [6.45, 7) is 1.75. The summed E-state index contributed by atoms with van der Waals surface area (Å²) in [4.78, 5) is 27.3. The van der Waals surface area contributed by atoms with Crippen molar-refractivity contribution in [2.45, 2.75) is 6.04 Å². The fourth-order valence-corrected chi connectivity index (χ4v) is 3.73. The number of halogens is 2. The van der Waals surface area contributed by atoms with Gasteiger partial charge in [0.2, 0.25) is 5.43 Å². The largest absolute Gasteiger partial charge is 0.477 e. The van der Waals surface area contributed by atoms with Gasteiger partial charge >= 0.3 is 5.97 Å². The van der Waals surface area contributed by atoms with Crippen molar-refractivity contribution in [1.29, 1.82) is 5.41 Å². The first-order valence-corrected chi connectivity index (χ1v) is 9.01. The van der Waals surface area contributed by atoms with Crippen LogP contribution in [0.2, 0.25) is 0 Å². The van der Waals surface area contributed by atoms with Crippen molar-refractivity contribution in [3.8, 4) is 0 Å². The van der Waals surface area contributed by atoms with Gasteiger partial charge in [-0.3, -0.25) is 10.2 Å². The zero-order chi connectivity index (χ0) is 20.9. The van der Waals surface area contributed by atoms with Crippen LogP contribution in [0, 0.1) is 17.0 Å². The van der Waals surface area contributed by atoms with Crippen LogP contribution in [0.3, 0.4) is 0 Å². The number of carbonyl (C=O) groups is 1. The van der Waals surface area contributed by atoms with E-state index in [-0.39, 0.29) is 37.5 Å². The maximum Gasteiger partial charge on any atom is 0.341 e. The quantitative estimate of drug-likeness (QED) is 0.390. The number of ether oxygens (including phenoxy) is 1. The van der Waals surface area contributed by atoms with Gasteiger partial charge < -0.3 is 29.9 Å². The lowest BCUT2D eigenvalue weighted by molar-refractivity contribution is -0.0219. The summed E-state index contributed by atoms with van der Waals surface area (Å²) in [6, 6.07) is -0.391. The van der Waals surface area contributed by atoms with Gasteiger partial charge in [-0.05, 0) is 0 Å². The molecular weight excluding hydrogens is 388 g/mol. The van der Waals surface area contributed by atoms with E-state index in [1.54, 1.807) is 4.90 Å². The molecule has 11 heteroatoms. The number of fused-ring (bicyclic) bond motifs is 1. The molecule has 0 spiro atoms. The molecule has 1 aromatic heterocycles. The van der Waals surface area contributed by atoms with Gasteiger partial charge in [-0.15, -0.1) is 0 Å². The smallest absolute Gasteiger partial charge is 0.341 e. The third kappa shape index (κ3) is 2.89. The Morgan fingerprint density at radius 1 is 1.24 bits per heavy atom. The predicted octanol–water partition coefficient (Wildman–Crippen LogP) is 0.860. The number of hydrogen-bond donors (Lipinski definition) is 3. The number of rotatable bonds is 4. The summed E-state index contributed by atoms with van der Waals surface area (Å²) >= 11 is 0. The van der Waals surface area contributed by atoms with Crippen molar-refractivity contribution in [2.75, 3.05) is 50.0 Å². The van der Waals surface area contributed by atoms with Crippen LogP contribution >= 0.6 is 0 Å². The minimum Gasteiger partial charge on any atom is -0.477 e. The number of nitrogen functional groups attached to an aromatic ring is 1. The average Bonchev–Trinajstić information content (AvgIpc) is 2.66. The molecule has 0 saturated carbocycles. The number of carboxylic acid groups (broad SMARTS) is 1. The molecule has 0 bridgehead atoms. The summed E-state index contributed by atoms with van der Waals surface area (Å²) in [5.74, 6) is -3.55. The van der Waals surface area contributed by atoms with Crippen molar-refractivity contribution in [3.05, 3.63) is 33.6 Å². The van der Waals surface area contributed by atoms with Crippen LogP contribution in [0.4, 0.5) is 20.2 Å². The van der Waals surface area contributed by atoms with E-state index in [9.17, 15) is 14.7 Å². The molecule has 4 rings (SSSR count). The summed E-state index contributed by atoms with van der Waals surface area (Å²) in [7, 11) is 0. The average molecular weight is 407 g/mol.